The lowest BCUT2D eigenvalue weighted by Crippen LogP contribution is -2.28. The number of benzene rings is 1. The summed E-state index contributed by atoms with van der Waals surface area (Å²) < 4.78 is 36.2. The van der Waals surface area contributed by atoms with Crippen LogP contribution in [0.1, 0.15) is 18.9 Å². The molecule has 0 aliphatic carbocycles. The number of halogens is 3. The first-order chi connectivity index (χ1) is 7.39. The smallest absolute Gasteiger partial charge is 0.383 e. The quantitative estimate of drug-likeness (QED) is 0.843. The van der Waals surface area contributed by atoms with Crippen LogP contribution < -0.4 is 0 Å². The van der Waals surface area contributed by atoms with Crippen LogP contribution in [0.25, 0.3) is 6.08 Å². The zero-order valence-electron chi connectivity index (χ0n) is 8.83. The molecule has 0 saturated carbocycles. The summed E-state index contributed by atoms with van der Waals surface area (Å²) >= 11 is 0. The second-order valence-electron chi connectivity index (χ2n) is 3.66. The van der Waals surface area contributed by atoms with Crippen LogP contribution in [0.3, 0.4) is 0 Å². The second kappa shape index (κ2) is 5.16. The summed E-state index contributed by atoms with van der Waals surface area (Å²) in [7, 11) is 0. The molecule has 16 heavy (non-hydrogen) atoms. The van der Waals surface area contributed by atoms with Gasteiger partial charge in [0.15, 0.2) is 6.10 Å². The summed E-state index contributed by atoms with van der Waals surface area (Å²) in [4.78, 5) is 0. The minimum Gasteiger partial charge on any atom is -0.383 e. The molecule has 0 saturated heterocycles. The minimum absolute atomic E-state index is 0.390. The molecule has 0 aromatic heterocycles. The first kappa shape index (κ1) is 12.8. The van der Waals surface area contributed by atoms with Crippen LogP contribution in [0.15, 0.2) is 35.9 Å². The van der Waals surface area contributed by atoms with Crippen LogP contribution in [0.5, 0.6) is 0 Å². The average molecular weight is 230 g/mol. The van der Waals surface area contributed by atoms with E-state index in [0.29, 0.717) is 5.57 Å². The van der Waals surface area contributed by atoms with Gasteiger partial charge in [-0.25, -0.2) is 0 Å². The number of rotatable bonds is 3. The first-order valence-corrected chi connectivity index (χ1v) is 4.86. The molecule has 0 fully saturated rings. The molecule has 0 spiro atoms. The van der Waals surface area contributed by atoms with Crippen molar-refractivity contribution in [3.8, 4) is 0 Å². The molecule has 1 rings (SSSR count). The lowest BCUT2D eigenvalue weighted by molar-refractivity contribution is -0.202. The van der Waals surface area contributed by atoms with Crippen LogP contribution in [-0.2, 0) is 0 Å². The van der Waals surface area contributed by atoms with Crippen molar-refractivity contribution in [1.82, 2.24) is 0 Å². The van der Waals surface area contributed by atoms with Gasteiger partial charge in [0.1, 0.15) is 0 Å². The van der Waals surface area contributed by atoms with Crippen molar-refractivity contribution in [1.29, 1.82) is 0 Å². The van der Waals surface area contributed by atoms with E-state index in [2.05, 4.69) is 0 Å². The van der Waals surface area contributed by atoms with E-state index in [4.69, 9.17) is 5.11 Å². The zero-order chi connectivity index (χ0) is 12.2. The van der Waals surface area contributed by atoms with Gasteiger partial charge in [-0.1, -0.05) is 42.0 Å². The molecule has 0 aliphatic rings. The van der Waals surface area contributed by atoms with E-state index in [0.717, 1.165) is 5.56 Å². The Labute approximate surface area is 92.2 Å². The topological polar surface area (TPSA) is 20.2 Å². The largest absolute Gasteiger partial charge is 0.414 e. The first-order valence-electron chi connectivity index (χ1n) is 4.86. The Morgan fingerprint density at radius 3 is 2.38 bits per heavy atom. The van der Waals surface area contributed by atoms with Crippen molar-refractivity contribution in [2.75, 3.05) is 0 Å². The average Bonchev–Trinajstić information content (AvgIpc) is 2.17. The summed E-state index contributed by atoms with van der Waals surface area (Å²) in [5.74, 6) is 0. The third-order valence-electron chi connectivity index (χ3n) is 2.11. The van der Waals surface area contributed by atoms with E-state index in [1.165, 1.54) is 0 Å². The monoisotopic (exact) mass is 230 g/mol. The Hall–Kier alpha value is -1.29. The van der Waals surface area contributed by atoms with Gasteiger partial charge in [-0.15, -0.1) is 0 Å². The predicted molar refractivity (Wildman–Crippen MR) is 56.8 cm³/mol. The molecule has 1 N–H and O–H groups in total. The van der Waals surface area contributed by atoms with Gasteiger partial charge >= 0.3 is 6.18 Å². The number of hydrogen-bond acceptors (Lipinski definition) is 1. The van der Waals surface area contributed by atoms with Crippen molar-refractivity contribution >= 4 is 6.08 Å². The van der Waals surface area contributed by atoms with Crippen LogP contribution in [0.2, 0.25) is 0 Å². The van der Waals surface area contributed by atoms with E-state index < -0.39 is 18.7 Å². The van der Waals surface area contributed by atoms with Crippen LogP contribution in [0, 0.1) is 0 Å². The maximum Gasteiger partial charge on any atom is 0.414 e. The van der Waals surface area contributed by atoms with Crippen molar-refractivity contribution < 1.29 is 18.3 Å². The minimum atomic E-state index is -4.55. The molecule has 4 heteroatoms. The number of aliphatic hydroxyl groups is 1. The molecule has 1 unspecified atom stereocenters. The Morgan fingerprint density at radius 1 is 1.31 bits per heavy atom. The van der Waals surface area contributed by atoms with Crippen LogP contribution >= 0.6 is 0 Å². The van der Waals surface area contributed by atoms with Crippen molar-refractivity contribution in [3.63, 3.8) is 0 Å². The van der Waals surface area contributed by atoms with Gasteiger partial charge in [0.25, 0.3) is 0 Å². The third kappa shape index (κ3) is 4.06. The van der Waals surface area contributed by atoms with Crippen LogP contribution in [-0.4, -0.2) is 17.4 Å². The fourth-order valence-corrected chi connectivity index (χ4v) is 1.31. The summed E-state index contributed by atoms with van der Waals surface area (Å²) in [5.41, 5.74) is 1.32. The highest BCUT2D eigenvalue weighted by Gasteiger charge is 2.37. The predicted octanol–water partition coefficient (Wildman–Crippen LogP) is 3.40. The van der Waals surface area contributed by atoms with Gasteiger partial charge in [-0.05, 0) is 12.5 Å². The normalized spacial score (nSPS) is 14.9. The Balaban J connectivity index is 2.66. The Kier molecular flexibility index (Phi) is 4.12. The molecule has 1 nitrogen and oxygen atoms in total. The van der Waals surface area contributed by atoms with Crippen molar-refractivity contribution in [2.24, 2.45) is 0 Å². The molecular weight excluding hydrogens is 217 g/mol. The Bertz CT molecular complexity index is 354. The molecule has 0 heterocycles. The molecule has 1 aromatic rings. The molecule has 0 aliphatic heterocycles. The second-order valence-corrected chi connectivity index (χ2v) is 3.66. The fourth-order valence-electron chi connectivity index (χ4n) is 1.31. The van der Waals surface area contributed by atoms with Gasteiger partial charge < -0.3 is 5.11 Å². The van der Waals surface area contributed by atoms with E-state index in [1.54, 1.807) is 37.3 Å². The highest BCUT2D eigenvalue weighted by atomic mass is 19.4. The van der Waals surface area contributed by atoms with Crippen LogP contribution in [0.4, 0.5) is 13.2 Å². The lowest BCUT2D eigenvalue weighted by atomic mass is 10.1. The highest BCUT2D eigenvalue weighted by molar-refractivity contribution is 5.52. The fraction of sp³-hybridized carbons (Fsp3) is 0.333. The molecule has 0 radical (unpaired) electrons. The van der Waals surface area contributed by atoms with Crippen molar-refractivity contribution in [2.45, 2.75) is 25.6 Å². The molecule has 1 aromatic carbocycles. The third-order valence-corrected chi connectivity index (χ3v) is 2.11. The van der Waals surface area contributed by atoms with Gasteiger partial charge in [-0.3, -0.25) is 0 Å². The summed E-state index contributed by atoms with van der Waals surface area (Å²) in [6, 6.07) is 9.03. The standard InChI is InChI=1S/C12H13F3O/c1-9(8-11(16)12(13,14)15)7-10-5-3-2-4-6-10/h2-7,11,16H,8H2,1H3/b9-7+. The summed E-state index contributed by atoms with van der Waals surface area (Å²) in [6.07, 6.45) is -5.59. The molecule has 88 valence electrons. The van der Waals surface area contributed by atoms with Gasteiger partial charge in [-0.2, -0.15) is 13.2 Å². The summed E-state index contributed by atoms with van der Waals surface area (Å²) in [6.45, 7) is 1.57. The number of aliphatic hydroxyl groups excluding tert-OH is 1. The van der Waals surface area contributed by atoms with E-state index in [1.807, 2.05) is 6.07 Å². The Morgan fingerprint density at radius 2 is 1.88 bits per heavy atom. The van der Waals surface area contributed by atoms with Gasteiger partial charge in [0, 0.05) is 6.42 Å². The summed E-state index contributed by atoms with van der Waals surface area (Å²) in [5, 5.41) is 8.87. The van der Waals surface area contributed by atoms with Gasteiger partial charge in [0.2, 0.25) is 0 Å². The van der Waals surface area contributed by atoms with E-state index in [-0.39, 0.29) is 0 Å². The van der Waals surface area contributed by atoms with Gasteiger partial charge in [0.05, 0.1) is 0 Å². The molecule has 1 atom stereocenters. The van der Waals surface area contributed by atoms with E-state index >= 15 is 0 Å². The number of alkyl halides is 3. The van der Waals surface area contributed by atoms with Crippen molar-refractivity contribution in [3.05, 3.63) is 41.5 Å². The zero-order valence-corrected chi connectivity index (χ0v) is 8.83. The maximum absolute atomic E-state index is 12.1. The maximum atomic E-state index is 12.1. The SMILES string of the molecule is C/C(=C\c1ccccc1)CC(O)C(F)(F)F. The molecular formula is C12H13F3O. The number of hydrogen-bond donors (Lipinski definition) is 1. The highest BCUT2D eigenvalue weighted by Crippen LogP contribution is 2.25. The molecule has 0 bridgehead atoms. The molecule has 0 amide bonds. The van der Waals surface area contributed by atoms with E-state index in [9.17, 15) is 13.2 Å². The lowest BCUT2D eigenvalue weighted by Gasteiger charge is -2.14.